The van der Waals surface area contributed by atoms with E-state index in [-0.39, 0.29) is 22.3 Å². The Balaban J connectivity index is 2.17. The van der Waals surface area contributed by atoms with Gasteiger partial charge in [0.1, 0.15) is 10.8 Å². The van der Waals surface area contributed by atoms with Gasteiger partial charge in [-0.05, 0) is 31.9 Å². The Labute approximate surface area is 111 Å². The number of carbonyl (C=O) groups excluding carboxylic acids is 1. The van der Waals surface area contributed by atoms with Crippen LogP contribution < -0.4 is 5.32 Å². The number of pyridine rings is 1. The highest BCUT2D eigenvalue weighted by Crippen LogP contribution is 2.29. The van der Waals surface area contributed by atoms with Gasteiger partial charge in [-0.15, -0.1) is 0 Å². The Morgan fingerprint density at radius 2 is 2.00 bits per heavy atom. The van der Waals surface area contributed by atoms with Crippen molar-refractivity contribution in [2.45, 2.75) is 38.1 Å². The van der Waals surface area contributed by atoms with Gasteiger partial charge >= 0.3 is 0 Å². The molecule has 0 bridgehead atoms. The number of hydrogen-bond donors (Lipinski definition) is 1. The highest BCUT2D eigenvalue weighted by molar-refractivity contribution is 6.34. The van der Waals surface area contributed by atoms with E-state index in [1.54, 1.807) is 12.1 Å². The Morgan fingerprint density at radius 3 is 2.65 bits per heavy atom. The Kier molecular flexibility index (Phi) is 3.59. The first kappa shape index (κ1) is 12.7. The molecule has 1 amide bonds. The number of aromatic nitrogens is 1. The van der Waals surface area contributed by atoms with Crippen LogP contribution in [0.1, 0.15) is 43.1 Å². The Hall–Kier alpha value is -0.800. The van der Waals surface area contributed by atoms with Crippen molar-refractivity contribution in [1.82, 2.24) is 10.3 Å². The van der Waals surface area contributed by atoms with Crippen LogP contribution in [0.5, 0.6) is 0 Å². The summed E-state index contributed by atoms with van der Waals surface area (Å²) in [4.78, 5) is 16.0. The van der Waals surface area contributed by atoms with E-state index in [2.05, 4.69) is 17.2 Å². The summed E-state index contributed by atoms with van der Waals surface area (Å²) in [6.45, 7) is 2.05. The molecule has 1 aliphatic rings. The molecule has 1 aromatic rings. The molecular formula is C12H14Cl2N2O. The maximum atomic E-state index is 12.1. The molecule has 0 radical (unpaired) electrons. The molecule has 0 aliphatic heterocycles. The second-order valence-electron chi connectivity index (χ2n) is 4.69. The topological polar surface area (TPSA) is 42.0 Å². The zero-order valence-corrected chi connectivity index (χ0v) is 11.1. The van der Waals surface area contributed by atoms with Gasteiger partial charge < -0.3 is 5.32 Å². The van der Waals surface area contributed by atoms with Crippen molar-refractivity contribution in [3.63, 3.8) is 0 Å². The minimum absolute atomic E-state index is 0.135. The molecule has 1 aliphatic carbocycles. The zero-order chi connectivity index (χ0) is 12.5. The fraction of sp³-hybridized carbons (Fsp3) is 0.500. The lowest BCUT2D eigenvalue weighted by molar-refractivity contribution is 0.0903. The van der Waals surface area contributed by atoms with Crippen LogP contribution in [0.25, 0.3) is 0 Å². The van der Waals surface area contributed by atoms with Gasteiger partial charge in [0.15, 0.2) is 0 Å². The third kappa shape index (κ3) is 2.90. The van der Waals surface area contributed by atoms with Gasteiger partial charge in [-0.2, -0.15) is 0 Å². The van der Waals surface area contributed by atoms with Gasteiger partial charge in [-0.1, -0.05) is 36.0 Å². The summed E-state index contributed by atoms with van der Waals surface area (Å²) < 4.78 is 0. The Morgan fingerprint density at radius 1 is 1.35 bits per heavy atom. The molecule has 2 rings (SSSR count). The fourth-order valence-electron chi connectivity index (χ4n) is 2.19. The summed E-state index contributed by atoms with van der Waals surface area (Å²) in [5.41, 5.74) is 0.0667. The average molecular weight is 273 g/mol. The van der Waals surface area contributed by atoms with Crippen molar-refractivity contribution in [3.8, 4) is 0 Å². The number of halogens is 2. The molecule has 1 aromatic heterocycles. The average Bonchev–Trinajstić information content (AvgIpc) is 2.68. The molecule has 1 heterocycles. The van der Waals surface area contributed by atoms with Crippen LogP contribution in [0.2, 0.25) is 10.2 Å². The number of nitrogens with one attached hydrogen (secondary N) is 1. The monoisotopic (exact) mass is 272 g/mol. The quantitative estimate of drug-likeness (QED) is 0.838. The molecule has 17 heavy (non-hydrogen) atoms. The van der Waals surface area contributed by atoms with Crippen molar-refractivity contribution in [2.75, 3.05) is 0 Å². The van der Waals surface area contributed by atoms with E-state index in [9.17, 15) is 4.79 Å². The van der Waals surface area contributed by atoms with E-state index in [1.165, 1.54) is 0 Å². The molecule has 0 unspecified atom stereocenters. The van der Waals surface area contributed by atoms with E-state index in [4.69, 9.17) is 23.2 Å². The van der Waals surface area contributed by atoms with E-state index < -0.39 is 0 Å². The number of nitrogens with zero attached hydrogens (tertiary/aromatic N) is 1. The molecule has 0 saturated heterocycles. The Bertz CT molecular complexity index is 442. The van der Waals surface area contributed by atoms with Crippen molar-refractivity contribution >= 4 is 29.1 Å². The standard InChI is InChI=1S/C12H14Cl2N2O/c1-12(6-2-3-7-12)16-11(17)10-8(13)4-5-9(14)15-10/h4-5H,2-3,6-7H2,1H3,(H,16,17). The number of amides is 1. The van der Waals surface area contributed by atoms with Crippen molar-refractivity contribution in [2.24, 2.45) is 0 Å². The van der Waals surface area contributed by atoms with Gasteiger partial charge in [0, 0.05) is 5.54 Å². The van der Waals surface area contributed by atoms with Gasteiger partial charge in [0.05, 0.1) is 5.02 Å². The summed E-state index contributed by atoms with van der Waals surface area (Å²) in [6, 6.07) is 3.15. The predicted molar refractivity (Wildman–Crippen MR) is 68.6 cm³/mol. The van der Waals surface area contributed by atoms with Crippen molar-refractivity contribution in [1.29, 1.82) is 0 Å². The first-order valence-electron chi connectivity index (χ1n) is 5.65. The number of rotatable bonds is 2. The molecule has 0 aromatic carbocycles. The first-order chi connectivity index (χ1) is 8.00. The SMILES string of the molecule is CC1(NC(=O)c2nc(Cl)ccc2Cl)CCCC1. The molecular weight excluding hydrogens is 259 g/mol. The van der Waals surface area contributed by atoms with Crippen LogP contribution >= 0.6 is 23.2 Å². The van der Waals surface area contributed by atoms with Crippen LogP contribution in [0.3, 0.4) is 0 Å². The largest absolute Gasteiger partial charge is 0.345 e. The summed E-state index contributed by atoms with van der Waals surface area (Å²) in [5, 5.41) is 3.60. The second kappa shape index (κ2) is 4.83. The summed E-state index contributed by atoms with van der Waals surface area (Å²) in [5.74, 6) is -0.248. The van der Waals surface area contributed by atoms with Crippen LogP contribution in [-0.2, 0) is 0 Å². The van der Waals surface area contributed by atoms with E-state index in [0.717, 1.165) is 25.7 Å². The lowest BCUT2D eigenvalue weighted by atomic mass is 10.0. The lowest BCUT2D eigenvalue weighted by Gasteiger charge is -2.25. The number of hydrogen-bond acceptors (Lipinski definition) is 2. The molecule has 1 saturated carbocycles. The zero-order valence-electron chi connectivity index (χ0n) is 9.59. The third-order valence-electron chi connectivity index (χ3n) is 3.15. The molecule has 92 valence electrons. The molecule has 1 N–H and O–H groups in total. The van der Waals surface area contributed by atoms with Crippen LogP contribution in [0.4, 0.5) is 0 Å². The molecule has 3 nitrogen and oxygen atoms in total. The molecule has 0 atom stereocenters. The van der Waals surface area contributed by atoms with E-state index >= 15 is 0 Å². The van der Waals surface area contributed by atoms with Gasteiger partial charge in [0.2, 0.25) is 0 Å². The van der Waals surface area contributed by atoms with Crippen LogP contribution in [-0.4, -0.2) is 16.4 Å². The molecule has 0 spiro atoms. The fourth-order valence-corrected chi connectivity index (χ4v) is 2.53. The third-order valence-corrected chi connectivity index (χ3v) is 3.67. The number of carbonyl (C=O) groups is 1. The normalized spacial score (nSPS) is 18.1. The minimum atomic E-state index is -0.248. The van der Waals surface area contributed by atoms with Crippen molar-refractivity contribution < 1.29 is 4.79 Å². The molecule has 1 fully saturated rings. The van der Waals surface area contributed by atoms with Crippen LogP contribution in [0.15, 0.2) is 12.1 Å². The van der Waals surface area contributed by atoms with Crippen LogP contribution in [0, 0.1) is 0 Å². The first-order valence-corrected chi connectivity index (χ1v) is 6.40. The summed E-state index contributed by atoms with van der Waals surface area (Å²) in [7, 11) is 0. The smallest absolute Gasteiger partial charge is 0.271 e. The molecule has 5 heteroatoms. The van der Waals surface area contributed by atoms with E-state index in [0.29, 0.717) is 5.02 Å². The summed E-state index contributed by atoms with van der Waals surface area (Å²) >= 11 is 11.7. The summed E-state index contributed by atoms with van der Waals surface area (Å²) in [6.07, 6.45) is 4.29. The maximum Gasteiger partial charge on any atom is 0.271 e. The second-order valence-corrected chi connectivity index (χ2v) is 5.48. The highest BCUT2D eigenvalue weighted by Gasteiger charge is 2.31. The minimum Gasteiger partial charge on any atom is -0.345 e. The highest BCUT2D eigenvalue weighted by atomic mass is 35.5. The van der Waals surface area contributed by atoms with Gasteiger partial charge in [-0.3, -0.25) is 4.79 Å². The predicted octanol–water partition coefficient (Wildman–Crippen LogP) is 3.45. The lowest BCUT2D eigenvalue weighted by Crippen LogP contribution is -2.44. The van der Waals surface area contributed by atoms with E-state index in [1.807, 2.05) is 0 Å². The van der Waals surface area contributed by atoms with Crippen molar-refractivity contribution in [3.05, 3.63) is 28.0 Å². The van der Waals surface area contributed by atoms with Gasteiger partial charge in [-0.25, -0.2) is 4.98 Å². The maximum absolute atomic E-state index is 12.1. The van der Waals surface area contributed by atoms with Gasteiger partial charge in [0.25, 0.3) is 5.91 Å².